The maximum atomic E-state index is 14.0. The molecule has 1 heterocycles. The topological polar surface area (TPSA) is 44.8 Å². The lowest BCUT2D eigenvalue weighted by Crippen LogP contribution is -2.20. The lowest BCUT2D eigenvalue weighted by molar-refractivity contribution is -0.144. The van der Waals surface area contributed by atoms with Gasteiger partial charge < -0.3 is 14.2 Å². The van der Waals surface area contributed by atoms with Gasteiger partial charge in [0.15, 0.2) is 0 Å². The molecular formula is C23H18F2O4. The summed E-state index contributed by atoms with van der Waals surface area (Å²) in [5, 5.41) is 0. The van der Waals surface area contributed by atoms with Crippen LogP contribution in [0.1, 0.15) is 28.5 Å². The van der Waals surface area contributed by atoms with Gasteiger partial charge in [-0.1, -0.05) is 42.5 Å². The summed E-state index contributed by atoms with van der Waals surface area (Å²) >= 11 is 0. The van der Waals surface area contributed by atoms with E-state index in [9.17, 15) is 13.6 Å². The molecule has 0 saturated heterocycles. The third kappa shape index (κ3) is 4.60. The number of hydrogen-bond donors (Lipinski definition) is 0. The molecule has 1 atom stereocenters. The summed E-state index contributed by atoms with van der Waals surface area (Å²) in [5.41, 5.74) is 2.30. The molecule has 4 nitrogen and oxygen atoms in total. The van der Waals surface area contributed by atoms with Gasteiger partial charge in [0.2, 0.25) is 6.29 Å². The third-order valence-electron chi connectivity index (χ3n) is 4.52. The molecule has 0 spiro atoms. The van der Waals surface area contributed by atoms with Crippen molar-refractivity contribution in [2.45, 2.75) is 25.9 Å². The van der Waals surface area contributed by atoms with E-state index in [1.54, 1.807) is 6.07 Å². The SMILES string of the molecule is O=C(Cc1cccc(F)c1)OCc1cc(F)cc2c1O[C@@H](c1ccccc1)OC2. The first kappa shape index (κ1) is 19.1. The molecule has 0 aromatic heterocycles. The Morgan fingerprint density at radius 2 is 1.83 bits per heavy atom. The number of esters is 1. The van der Waals surface area contributed by atoms with E-state index in [1.165, 1.54) is 30.3 Å². The summed E-state index contributed by atoms with van der Waals surface area (Å²) in [6.45, 7) is 0.0205. The smallest absolute Gasteiger partial charge is 0.310 e. The lowest BCUT2D eigenvalue weighted by atomic mass is 10.1. The number of rotatable bonds is 5. The summed E-state index contributed by atoms with van der Waals surface area (Å²) < 4.78 is 44.2. The number of hydrogen-bond acceptors (Lipinski definition) is 4. The molecule has 3 aromatic carbocycles. The molecule has 29 heavy (non-hydrogen) atoms. The Labute approximate surface area is 166 Å². The van der Waals surface area contributed by atoms with Crippen LogP contribution in [0, 0.1) is 11.6 Å². The molecule has 0 saturated carbocycles. The highest BCUT2D eigenvalue weighted by atomic mass is 19.1. The normalized spacial score (nSPS) is 15.3. The fraction of sp³-hybridized carbons (Fsp3) is 0.174. The molecule has 0 aliphatic carbocycles. The lowest BCUT2D eigenvalue weighted by Gasteiger charge is -2.28. The number of carbonyl (C=O) groups excluding carboxylic acids is 1. The molecule has 0 fully saturated rings. The minimum Gasteiger partial charge on any atom is -0.460 e. The van der Waals surface area contributed by atoms with Crippen LogP contribution in [-0.4, -0.2) is 5.97 Å². The molecule has 0 bridgehead atoms. The summed E-state index contributed by atoms with van der Waals surface area (Å²) in [7, 11) is 0. The Morgan fingerprint density at radius 3 is 2.62 bits per heavy atom. The Hall–Kier alpha value is -3.25. The van der Waals surface area contributed by atoms with Crippen LogP contribution < -0.4 is 4.74 Å². The minimum atomic E-state index is -0.629. The van der Waals surface area contributed by atoms with Crippen LogP contribution in [0.2, 0.25) is 0 Å². The average Bonchev–Trinajstić information content (AvgIpc) is 2.72. The zero-order valence-electron chi connectivity index (χ0n) is 15.4. The first-order valence-electron chi connectivity index (χ1n) is 9.13. The van der Waals surface area contributed by atoms with E-state index in [0.717, 1.165) is 5.56 Å². The van der Waals surface area contributed by atoms with E-state index in [2.05, 4.69) is 0 Å². The molecule has 148 valence electrons. The van der Waals surface area contributed by atoms with Crippen molar-refractivity contribution >= 4 is 5.97 Å². The Kier molecular flexibility index (Phi) is 5.53. The van der Waals surface area contributed by atoms with Crippen molar-refractivity contribution in [1.82, 2.24) is 0 Å². The molecule has 4 rings (SSSR count). The van der Waals surface area contributed by atoms with E-state index in [4.69, 9.17) is 14.2 Å². The molecule has 6 heteroatoms. The quantitative estimate of drug-likeness (QED) is 0.578. The van der Waals surface area contributed by atoms with Gasteiger partial charge in [0.1, 0.15) is 24.0 Å². The zero-order valence-corrected chi connectivity index (χ0v) is 15.4. The maximum absolute atomic E-state index is 14.0. The molecule has 0 amide bonds. The predicted octanol–water partition coefficient (Wildman–Crippen LogP) is 4.86. The van der Waals surface area contributed by atoms with Crippen LogP contribution in [0.15, 0.2) is 66.7 Å². The number of halogens is 2. The maximum Gasteiger partial charge on any atom is 0.310 e. The minimum absolute atomic E-state index is 0.0775. The van der Waals surface area contributed by atoms with Gasteiger partial charge >= 0.3 is 5.97 Å². The second kappa shape index (κ2) is 8.41. The monoisotopic (exact) mass is 396 g/mol. The van der Waals surface area contributed by atoms with E-state index >= 15 is 0 Å². The largest absolute Gasteiger partial charge is 0.460 e. The van der Waals surface area contributed by atoms with Crippen LogP contribution in [-0.2, 0) is 33.9 Å². The van der Waals surface area contributed by atoms with Gasteiger partial charge in [-0.2, -0.15) is 0 Å². The van der Waals surface area contributed by atoms with Crippen molar-refractivity contribution < 1.29 is 27.8 Å². The molecule has 1 aliphatic heterocycles. The van der Waals surface area contributed by atoms with Crippen LogP contribution >= 0.6 is 0 Å². The first-order chi connectivity index (χ1) is 14.1. The van der Waals surface area contributed by atoms with Gasteiger partial charge in [-0.3, -0.25) is 4.79 Å². The van der Waals surface area contributed by atoms with Gasteiger partial charge in [-0.05, 0) is 29.8 Å². The molecule has 3 aromatic rings. The van der Waals surface area contributed by atoms with Crippen molar-refractivity contribution in [3.05, 3.63) is 101 Å². The van der Waals surface area contributed by atoms with Crippen LogP contribution in [0.4, 0.5) is 8.78 Å². The van der Waals surface area contributed by atoms with Gasteiger partial charge in [0.05, 0.1) is 13.0 Å². The van der Waals surface area contributed by atoms with Gasteiger partial charge in [0, 0.05) is 16.7 Å². The number of fused-ring (bicyclic) bond motifs is 1. The molecule has 0 N–H and O–H groups in total. The second-order valence-electron chi connectivity index (χ2n) is 6.69. The highest BCUT2D eigenvalue weighted by molar-refractivity contribution is 5.72. The Morgan fingerprint density at radius 1 is 1.00 bits per heavy atom. The highest BCUT2D eigenvalue weighted by Gasteiger charge is 2.25. The average molecular weight is 396 g/mol. The van der Waals surface area contributed by atoms with Crippen molar-refractivity contribution in [3.63, 3.8) is 0 Å². The van der Waals surface area contributed by atoms with E-state index < -0.39 is 23.9 Å². The number of benzene rings is 3. The van der Waals surface area contributed by atoms with Crippen molar-refractivity contribution in [2.75, 3.05) is 0 Å². The first-order valence-corrected chi connectivity index (χ1v) is 9.13. The summed E-state index contributed by atoms with van der Waals surface area (Å²) in [4.78, 5) is 12.1. The van der Waals surface area contributed by atoms with Gasteiger partial charge in [0.25, 0.3) is 0 Å². The number of ether oxygens (including phenoxy) is 3. The standard InChI is InChI=1S/C23H18F2O4/c24-19-8-4-5-15(9-19)10-21(26)27-13-17-11-20(25)12-18-14-28-23(29-22(17)18)16-6-2-1-3-7-16/h1-9,11-12,23H,10,13-14H2/t23-/m0/s1. The zero-order chi connectivity index (χ0) is 20.2. The summed E-state index contributed by atoms with van der Waals surface area (Å²) in [6.07, 6.45) is -0.706. The molecule has 1 aliphatic rings. The highest BCUT2D eigenvalue weighted by Crippen LogP contribution is 2.36. The summed E-state index contributed by atoms with van der Waals surface area (Å²) in [6, 6.07) is 17.7. The Bertz CT molecular complexity index is 1020. The van der Waals surface area contributed by atoms with Crippen LogP contribution in [0.3, 0.4) is 0 Å². The van der Waals surface area contributed by atoms with E-state index in [-0.39, 0.29) is 19.6 Å². The van der Waals surface area contributed by atoms with Gasteiger partial charge in [-0.15, -0.1) is 0 Å². The van der Waals surface area contributed by atoms with Gasteiger partial charge in [-0.25, -0.2) is 8.78 Å². The van der Waals surface area contributed by atoms with Crippen molar-refractivity contribution in [3.8, 4) is 5.75 Å². The van der Waals surface area contributed by atoms with E-state index in [1.807, 2.05) is 30.3 Å². The fourth-order valence-electron chi connectivity index (χ4n) is 3.18. The number of carbonyl (C=O) groups is 1. The van der Waals surface area contributed by atoms with E-state index in [0.29, 0.717) is 22.4 Å². The molecule has 0 radical (unpaired) electrons. The van der Waals surface area contributed by atoms with Crippen LogP contribution in [0.25, 0.3) is 0 Å². The second-order valence-corrected chi connectivity index (χ2v) is 6.69. The Balaban J connectivity index is 1.48. The summed E-state index contributed by atoms with van der Waals surface area (Å²) in [5.74, 6) is -0.981. The van der Waals surface area contributed by atoms with Crippen molar-refractivity contribution in [2.24, 2.45) is 0 Å². The third-order valence-corrected chi connectivity index (χ3v) is 4.52. The predicted molar refractivity (Wildman–Crippen MR) is 101 cm³/mol. The molecule has 0 unspecified atom stereocenters. The fourth-order valence-corrected chi connectivity index (χ4v) is 3.18. The van der Waals surface area contributed by atoms with Crippen LogP contribution in [0.5, 0.6) is 5.75 Å². The molecular weight excluding hydrogens is 378 g/mol. The van der Waals surface area contributed by atoms with Crippen molar-refractivity contribution in [1.29, 1.82) is 0 Å².